The van der Waals surface area contributed by atoms with Gasteiger partial charge in [-0.3, -0.25) is 9.59 Å². The summed E-state index contributed by atoms with van der Waals surface area (Å²) < 4.78 is 82.1. The first-order valence-corrected chi connectivity index (χ1v) is 11.3. The average molecular weight is 551 g/mol. The fourth-order valence-electron chi connectivity index (χ4n) is 4.18. The van der Waals surface area contributed by atoms with Crippen molar-refractivity contribution in [1.29, 1.82) is 0 Å². The Morgan fingerprint density at radius 3 is 2.59 bits per heavy atom. The summed E-state index contributed by atoms with van der Waals surface area (Å²) >= 11 is 0. The van der Waals surface area contributed by atoms with Crippen LogP contribution in [0.4, 0.5) is 27.6 Å². The zero-order valence-corrected chi connectivity index (χ0v) is 20.2. The number of anilines is 1. The molecule has 5 rings (SSSR count). The molecule has 0 spiro atoms. The molecular weight excluding hydrogens is 533 g/mol. The lowest BCUT2D eigenvalue weighted by molar-refractivity contribution is -0.286. The summed E-state index contributed by atoms with van der Waals surface area (Å²) in [5.41, 5.74) is -1.80. The van der Waals surface area contributed by atoms with E-state index in [4.69, 9.17) is 4.74 Å². The molecule has 0 saturated heterocycles. The van der Waals surface area contributed by atoms with Crippen LogP contribution in [0.5, 0.6) is 17.2 Å². The summed E-state index contributed by atoms with van der Waals surface area (Å²) in [5.74, 6) is -1.56. The van der Waals surface area contributed by atoms with Crippen LogP contribution in [0.2, 0.25) is 0 Å². The molecule has 1 amide bonds. The summed E-state index contributed by atoms with van der Waals surface area (Å²) in [6.07, 6.45) is -7.41. The first kappa shape index (κ1) is 25.9. The second-order valence-electron chi connectivity index (χ2n) is 8.29. The molecule has 0 atom stereocenters. The number of ether oxygens (including phenoxy) is 3. The molecule has 2 aromatic heterocycles. The Morgan fingerprint density at radius 2 is 1.90 bits per heavy atom. The van der Waals surface area contributed by atoms with E-state index in [1.807, 2.05) is 0 Å². The number of H-pyrrole nitrogens is 1. The molecule has 0 fully saturated rings. The summed E-state index contributed by atoms with van der Waals surface area (Å²) in [6.45, 7) is 1.07. The Balaban J connectivity index is 1.53. The van der Waals surface area contributed by atoms with Crippen LogP contribution in [0.3, 0.4) is 0 Å². The normalized spacial score (nSPS) is 14.0. The van der Waals surface area contributed by atoms with Crippen molar-refractivity contribution in [3.05, 3.63) is 58.6 Å². The number of nitrogens with one attached hydrogen (secondary N) is 1. The van der Waals surface area contributed by atoms with E-state index < -0.39 is 41.8 Å². The van der Waals surface area contributed by atoms with Gasteiger partial charge in [0, 0.05) is 23.9 Å². The Kier molecular flexibility index (Phi) is 6.15. The van der Waals surface area contributed by atoms with Crippen LogP contribution >= 0.6 is 0 Å². The first-order valence-electron chi connectivity index (χ1n) is 11.3. The second-order valence-corrected chi connectivity index (χ2v) is 8.29. The van der Waals surface area contributed by atoms with Crippen molar-refractivity contribution >= 4 is 22.6 Å². The van der Waals surface area contributed by atoms with Crippen LogP contribution in [0.25, 0.3) is 22.3 Å². The minimum absolute atomic E-state index is 0.00559. The third-order valence-electron chi connectivity index (χ3n) is 5.91. The van der Waals surface area contributed by atoms with E-state index in [0.29, 0.717) is 0 Å². The van der Waals surface area contributed by atoms with Crippen LogP contribution in [-0.4, -0.2) is 45.6 Å². The molecule has 0 saturated carbocycles. The van der Waals surface area contributed by atoms with E-state index in [1.54, 1.807) is 6.92 Å². The Labute approximate surface area is 215 Å². The molecule has 15 heteroatoms. The zero-order valence-electron chi connectivity index (χ0n) is 20.2. The predicted octanol–water partition coefficient (Wildman–Crippen LogP) is 4.19. The van der Waals surface area contributed by atoms with Crippen molar-refractivity contribution < 1.29 is 41.0 Å². The Hall–Kier alpha value is -4.69. The van der Waals surface area contributed by atoms with Crippen molar-refractivity contribution in [3.8, 4) is 28.5 Å². The second kappa shape index (κ2) is 9.25. The van der Waals surface area contributed by atoms with Crippen molar-refractivity contribution in [1.82, 2.24) is 19.7 Å². The lowest BCUT2D eigenvalue weighted by Crippen LogP contribution is -2.37. The van der Waals surface area contributed by atoms with Crippen LogP contribution in [-0.2, 0) is 17.5 Å². The lowest BCUT2D eigenvalue weighted by Gasteiger charge is -2.21. The molecule has 0 unspecified atom stereocenters. The number of likely N-dealkylation sites (N-methyl/N-ethyl adjacent to an activating group) is 1. The van der Waals surface area contributed by atoms with Gasteiger partial charge in [-0.05, 0) is 37.3 Å². The van der Waals surface area contributed by atoms with Gasteiger partial charge in [0.25, 0.3) is 5.56 Å². The molecule has 0 bridgehead atoms. The highest BCUT2D eigenvalue weighted by Gasteiger charge is 2.43. The van der Waals surface area contributed by atoms with E-state index in [1.165, 1.54) is 35.5 Å². The van der Waals surface area contributed by atoms with Gasteiger partial charge in [-0.2, -0.15) is 18.3 Å². The Bertz CT molecular complexity index is 1650. The number of aromatic nitrogens is 4. The molecule has 39 heavy (non-hydrogen) atoms. The highest BCUT2D eigenvalue weighted by molar-refractivity contribution is 5.94. The van der Waals surface area contributed by atoms with Crippen LogP contribution in [0, 0.1) is 0 Å². The molecule has 1 aliphatic rings. The number of halogens is 5. The molecule has 1 aliphatic heterocycles. The third-order valence-corrected chi connectivity index (χ3v) is 5.91. The number of nitrogens with zero attached hydrogens (tertiary/aromatic N) is 4. The maximum Gasteiger partial charge on any atom is 0.586 e. The minimum atomic E-state index is -4.74. The smallest absolute Gasteiger partial charge is 0.496 e. The SMILES string of the molecule is CCN(C(=O)Cn1nc(-c2ccc(OC)c(C(F)(F)F)c2)c2nc[nH]c2c1=O)c1ccc2c(c1)OC(F)(F)O2. The predicted molar refractivity (Wildman–Crippen MR) is 126 cm³/mol. The van der Waals surface area contributed by atoms with Gasteiger partial charge in [0.1, 0.15) is 29.0 Å². The van der Waals surface area contributed by atoms with Gasteiger partial charge in [-0.25, -0.2) is 9.67 Å². The number of fused-ring (bicyclic) bond motifs is 2. The molecule has 204 valence electrons. The number of rotatable bonds is 6. The molecular formula is C24H18F5N5O5. The number of methoxy groups -OCH3 is 1. The summed E-state index contributed by atoms with van der Waals surface area (Å²) in [7, 11) is 1.10. The first-order chi connectivity index (χ1) is 18.4. The largest absolute Gasteiger partial charge is 0.586 e. The number of imidazole rings is 1. The molecule has 1 N–H and O–H groups in total. The summed E-state index contributed by atoms with van der Waals surface area (Å²) in [6, 6.07) is 7.01. The number of amides is 1. The van der Waals surface area contributed by atoms with Crippen molar-refractivity contribution in [2.45, 2.75) is 25.9 Å². The number of hydrogen-bond donors (Lipinski definition) is 1. The van der Waals surface area contributed by atoms with E-state index >= 15 is 0 Å². The average Bonchev–Trinajstić information content (AvgIpc) is 3.48. The fraction of sp³-hybridized carbons (Fsp3) is 0.250. The number of alkyl halides is 5. The minimum Gasteiger partial charge on any atom is -0.496 e. The highest BCUT2D eigenvalue weighted by Crippen LogP contribution is 2.43. The number of carbonyl (C=O) groups is 1. The van der Waals surface area contributed by atoms with Gasteiger partial charge in [0.2, 0.25) is 5.91 Å². The number of aromatic amines is 1. The van der Waals surface area contributed by atoms with Crippen LogP contribution in [0.1, 0.15) is 12.5 Å². The van der Waals surface area contributed by atoms with Crippen LogP contribution in [0.15, 0.2) is 47.5 Å². The molecule has 3 heterocycles. The topological polar surface area (TPSA) is 112 Å². The lowest BCUT2D eigenvalue weighted by atomic mass is 10.1. The van der Waals surface area contributed by atoms with Gasteiger partial charge in [0.15, 0.2) is 11.5 Å². The maximum absolute atomic E-state index is 13.6. The summed E-state index contributed by atoms with van der Waals surface area (Å²) in [4.78, 5) is 34.1. The molecule has 2 aromatic carbocycles. The van der Waals surface area contributed by atoms with Gasteiger partial charge in [-0.1, -0.05) is 0 Å². The van der Waals surface area contributed by atoms with Gasteiger partial charge in [-0.15, -0.1) is 8.78 Å². The summed E-state index contributed by atoms with van der Waals surface area (Å²) in [5, 5.41) is 4.17. The van der Waals surface area contributed by atoms with Gasteiger partial charge >= 0.3 is 12.5 Å². The molecule has 10 nitrogen and oxygen atoms in total. The zero-order chi connectivity index (χ0) is 28.1. The number of hydrogen-bond acceptors (Lipinski definition) is 7. The van der Waals surface area contributed by atoms with E-state index in [2.05, 4.69) is 24.5 Å². The quantitative estimate of drug-likeness (QED) is 0.358. The Morgan fingerprint density at radius 1 is 1.15 bits per heavy atom. The van der Waals surface area contributed by atoms with Crippen LogP contribution < -0.4 is 24.7 Å². The monoisotopic (exact) mass is 551 g/mol. The van der Waals surface area contributed by atoms with Gasteiger partial charge in [0.05, 0.1) is 19.0 Å². The third kappa shape index (κ3) is 4.70. The van der Waals surface area contributed by atoms with Crippen molar-refractivity contribution in [3.63, 3.8) is 0 Å². The number of carbonyl (C=O) groups excluding carboxylic acids is 1. The fourth-order valence-corrected chi connectivity index (χ4v) is 4.18. The highest BCUT2D eigenvalue weighted by atomic mass is 19.4. The number of benzene rings is 2. The standard InChI is InChI=1S/C24H18F5N5O5/c1-3-33(13-5-7-16-17(9-13)39-24(28,29)38-16)18(35)10-34-22(36)21-20(30-11-31-21)19(32-34)12-4-6-15(37-2)14(8-12)23(25,26)27/h4-9,11H,3,10H2,1-2H3,(H,30,31). The van der Waals surface area contributed by atoms with E-state index in [9.17, 15) is 31.5 Å². The maximum atomic E-state index is 13.6. The van der Waals surface area contributed by atoms with Gasteiger partial charge < -0.3 is 24.1 Å². The molecule has 0 aliphatic carbocycles. The van der Waals surface area contributed by atoms with E-state index in [0.717, 1.165) is 23.9 Å². The van der Waals surface area contributed by atoms with E-state index in [-0.39, 0.29) is 46.0 Å². The van der Waals surface area contributed by atoms with Crippen molar-refractivity contribution in [2.24, 2.45) is 0 Å². The van der Waals surface area contributed by atoms with Crippen molar-refractivity contribution in [2.75, 3.05) is 18.6 Å². The molecule has 0 radical (unpaired) electrons. The molecule has 4 aromatic rings.